The molecular formula is C31H37NO4S2. The lowest BCUT2D eigenvalue weighted by atomic mass is 9.98. The van der Waals surface area contributed by atoms with E-state index in [0.717, 1.165) is 79.5 Å². The third kappa shape index (κ3) is 6.55. The maximum atomic E-state index is 11.9. The van der Waals surface area contributed by atoms with Crippen LogP contribution < -0.4 is 9.47 Å². The summed E-state index contributed by atoms with van der Waals surface area (Å²) in [6.07, 6.45) is 7.76. The van der Waals surface area contributed by atoms with Gasteiger partial charge in [-0.2, -0.15) is 0 Å². The molecule has 1 atom stereocenters. The average Bonchev–Trinajstić information content (AvgIpc) is 3.53. The highest BCUT2D eigenvalue weighted by Gasteiger charge is 2.25. The highest BCUT2D eigenvalue weighted by molar-refractivity contribution is 7.99. The zero-order valence-corrected chi connectivity index (χ0v) is 24.1. The van der Waals surface area contributed by atoms with Gasteiger partial charge in [0.05, 0.1) is 31.1 Å². The van der Waals surface area contributed by atoms with Crippen LogP contribution in [-0.4, -0.2) is 36.5 Å². The van der Waals surface area contributed by atoms with Gasteiger partial charge in [0.25, 0.3) is 0 Å². The minimum atomic E-state index is -0.0861. The molecule has 0 bridgehead atoms. The van der Waals surface area contributed by atoms with E-state index in [1.54, 1.807) is 11.3 Å². The SMILES string of the molecule is CCCc1cc(-c2nc3c(s2)CCCO3)ccc1OCCCSc1ccc2c(c1)CC[C@H]2CC(=O)OCC. The number of aromatic nitrogens is 1. The minimum Gasteiger partial charge on any atom is -0.493 e. The molecule has 0 saturated carbocycles. The van der Waals surface area contributed by atoms with Gasteiger partial charge in [-0.05, 0) is 98.4 Å². The molecule has 0 N–H and O–H groups in total. The van der Waals surface area contributed by atoms with E-state index in [1.807, 2.05) is 18.7 Å². The van der Waals surface area contributed by atoms with E-state index in [4.69, 9.17) is 19.2 Å². The van der Waals surface area contributed by atoms with Crippen LogP contribution in [0.25, 0.3) is 10.6 Å². The summed E-state index contributed by atoms with van der Waals surface area (Å²) >= 11 is 3.64. The van der Waals surface area contributed by atoms with Gasteiger partial charge in [-0.15, -0.1) is 23.1 Å². The first kappa shape index (κ1) is 27.1. The normalized spacial score (nSPS) is 16.0. The summed E-state index contributed by atoms with van der Waals surface area (Å²) in [5.74, 6) is 3.04. The van der Waals surface area contributed by atoms with Crippen molar-refractivity contribution in [3.8, 4) is 22.2 Å². The molecule has 7 heteroatoms. The molecule has 0 spiro atoms. The molecule has 3 aromatic rings. The fraction of sp³-hybridized carbons (Fsp3) is 0.484. The predicted molar refractivity (Wildman–Crippen MR) is 155 cm³/mol. The van der Waals surface area contributed by atoms with Crippen LogP contribution in [-0.2, 0) is 28.8 Å². The first-order valence-electron chi connectivity index (χ1n) is 13.9. The van der Waals surface area contributed by atoms with Crippen LogP contribution in [0.4, 0.5) is 0 Å². The number of hydrogen-bond donors (Lipinski definition) is 0. The van der Waals surface area contributed by atoms with Gasteiger partial charge in [0.2, 0.25) is 5.88 Å². The summed E-state index contributed by atoms with van der Waals surface area (Å²) < 4.78 is 17.1. The molecule has 202 valence electrons. The van der Waals surface area contributed by atoms with Crippen LogP contribution in [0, 0.1) is 0 Å². The summed E-state index contributed by atoms with van der Waals surface area (Å²) in [6.45, 7) is 5.99. The molecule has 0 amide bonds. The first-order chi connectivity index (χ1) is 18.6. The third-order valence-corrected chi connectivity index (χ3v) is 9.35. The number of thiazole rings is 1. The number of fused-ring (bicyclic) bond motifs is 2. The van der Waals surface area contributed by atoms with Crippen LogP contribution in [0.15, 0.2) is 41.3 Å². The van der Waals surface area contributed by atoms with Crippen LogP contribution >= 0.6 is 23.1 Å². The Balaban J connectivity index is 1.12. The zero-order chi connectivity index (χ0) is 26.3. The van der Waals surface area contributed by atoms with E-state index < -0.39 is 0 Å². The summed E-state index contributed by atoms with van der Waals surface area (Å²) in [5.41, 5.74) is 5.11. The van der Waals surface area contributed by atoms with Gasteiger partial charge in [0.1, 0.15) is 10.8 Å². The van der Waals surface area contributed by atoms with Gasteiger partial charge in [-0.3, -0.25) is 4.79 Å². The molecule has 0 radical (unpaired) electrons. The topological polar surface area (TPSA) is 57.7 Å². The molecule has 2 heterocycles. The van der Waals surface area contributed by atoms with Gasteiger partial charge >= 0.3 is 5.97 Å². The Bertz CT molecular complexity index is 1230. The standard InChI is InChI=1S/C31H37NO4S2/c1-3-7-23-18-24(31-32-30-28(38-31)8-5-15-36-30)11-14-27(23)35-16-6-17-37-25-12-13-26-21(19-25)9-10-22(26)20-29(33)34-4-2/h11-14,18-19,22H,3-10,15-17,20H2,1-2H3/t22-/m0/s1. The fourth-order valence-corrected chi connectivity index (χ4v) is 7.22. The van der Waals surface area contributed by atoms with E-state index in [9.17, 15) is 4.79 Å². The quantitative estimate of drug-likeness (QED) is 0.131. The Morgan fingerprint density at radius 1 is 1.18 bits per heavy atom. The first-order valence-corrected chi connectivity index (χ1v) is 15.7. The van der Waals surface area contributed by atoms with Crippen molar-refractivity contribution >= 4 is 29.1 Å². The molecule has 2 aliphatic rings. The summed E-state index contributed by atoms with van der Waals surface area (Å²) in [4.78, 5) is 19.2. The lowest BCUT2D eigenvalue weighted by Crippen LogP contribution is -2.08. The Morgan fingerprint density at radius 3 is 2.95 bits per heavy atom. The molecule has 0 saturated heterocycles. The zero-order valence-electron chi connectivity index (χ0n) is 22.4. The van der Waals surface area contributed by atoms with Gasteiger partial charge in [0, 0.05) is 16.2 Å². The van der Waals surface area contributed by atoms with Crippen molar-refractivity contribution in [2.24, 2.45) is 0 Å². The molecule has 1 aliphatic heterocycles. The lowest BCUT2D eigenvalue weighted by Gasteiger charge is -2.13. The molecule has 5 nitrogen and oxygen atoms in total. The Kier molecular flexibility index (Phi) is 9.28. The van der Waals surface area contributed by atoms with Crippen molar-refractivity contribution < 1.29 is 19.0 Å². The minimum absolute atomic E-state index is 0.0861. The molecule has 5 rings (SSSR count). The van der Waals surface area contributed by atoms with E-state index in [-0.39, 0.29) is 5.97 Å². The number of rotatable bonds is 12. The second-order valence-electron chi connectivity index (χ2n) is 9.93. The van der Waals surface area contributed by atoms with E-state index in [2.05, 4.69) is 43.3 Å². The number of hydrogen-bond acceptors (Lipinski definition) is 7. The average molecular weight is 552 g/mol. The molecule has 0 unspecified atom stereocenters. The Morgan fingerprint density at radius 2 is 2.11 bits per heavy atom. The maximum absolute atomic E-state index is 11.9. The number of ether oxygens (including phenoxy) is 3. The maximum Gasteiger partial charge on any atom is 0.306 e. The van der Waals surface area contributed by atoms with Crippen molar-refractivity contribution in [3.05, 3.63) is 58.0 Å². The van der Waals surface area contributed by atoms with E-state index >= 15 is 0 Å². The number of aryl methyl sites for hydroxylation is 3. The molecule has 2 aromatic carbocycles. The largest absolute Gasteiger partial charge is 0.493 e. The fourth-order valence-electron chi connectivity index (χ4n) is 5.29. The van der Waals surface area contributed by atoms with Crippen molar-refractivity contribution in [3.63, 3.8) is 0 Å². The Labute approximate surface area is 234 Å². The van der Waals surface area contributed by atoms with Crippen LogP contribution in [0.5, 0.6) is 11.6 Å². The summed E-state index contributed by atoms with van der Waals surface area (Å²) in [5, 5.41) is 1.04. The van der Waals surface area contributed by atoms with Crippen LogP contribution in [0.1, 0.15) is 73.4 Å². The van der Waals surface area contributed by atoms with Crippen molar-refractivity contribution in [1.82, 2.24) is 4.98 Å². The third-order valence-electron chi connectivity index (χ3n) is 7.12. The molecular weight excluding hydrogens is 514 g/mol. The van der Waals surface area contributed by atoms with Gasteiger partial charge in [-0.25, -0.2) is 4.98 Å². The number of benzene rings is 2. The number of carbonyl (C=O) groups excluding carboxylic acids is 1. The van der Waals surface area contributed by atoms with Crippen molar-refractivity contribution in [2.75, 3.05) is 25.6 Å². The second-order valence-corrected chi connectivity index (χ2v) is 12.2. The van der Waals surface area contributed by atoms with E-state index in [1.165, 1.54) is 26.5 Å². The number of esters is 1. The molecule has 1 aliphatic carbocycles. The van der Waals surface area contributed by atoms with Crippen LogP contribution in [0.3, 0.4) is 0 Å². The second kappa shape index (κ2) is 13.0. The van der Waals surface area contributed by atoms with Gasteiger partial charge in [0.15, 0.2) is 0 Å². The number of nitrogens with zero attached hydrogens (tertiary/aromatic N) is 1. The van der Waals surface area contributed by atoms with Crippen molar-refractivity contribution in [2.45, 2.75) is 76.0 Å². The summed E-state index contributed by atoms with van der Waals surface area (Å²) in [6, 6.07) is 13.2. The van der Waals surface area contributed by atoms with Crippen molar-refractivity contribution in [1.29, 1.82) is 0 Å². The monoisotopic (exact) mass is 551 g/mol. The number of carbonyl (C=O) groups is 1. The number of thioether (sulfide) groups is 1. The summed E-state index contributed by atoms with van der Waals surface area (Å²) in [7, 11) is 0. The molecule has 38 heavy (non-hydrogen) atoms. The Hall–Kier alpha value is -2.51. The highest BCUT2D eigenvalue weighted by atomic mass is 32.2. The smallest absolute Gasteiger partial charge is 0.306 e. The molecule has 0 fully saturated rings. The van der Waals surface area contributed by atoms with Gasteiger partial charge < -0.3 is 14.2 Å². The predicted octanol–water partition coefficient (Wildman–Crippen LogP) is 7.63. The highest BCUT2D eigenvalue weighted by Crippen LogP contribution is 2.39. The lowest BCUT2D eigenvalue weighted by molar-refractivity contribution is -0.143. The van der Waals surface area contributed by atoms with Crippen LogP contribution in [0.2, 0.25) is 0 Å². The molecule has 1 aromatic heterocycles. The van der Waals surface area contributed by atoms with Gasteiger partial charge in [-0.1, -0.05) is 19.4 Å². The van der Waals surface area contributed by atoms with E-state index in [0.29, 0.717) is 25.6 Å².